The molecule has 0 aromatic heterocycles. The fourth-order valence-electron chi connectivity index (χ4n) is 3.22. The highest BCUT2D eigenvalue weighted by molar-refractivity contribution is 4.75. The molecule has 2 aliphatic rings. The molecule has 2 unspecified atom stereocenters. The molecule has 5 nitrogen and oxygen atoms in total. The maximum Gasteiger partial charge on any atom is 0.0897 e. The summed E-state index contributed by atoms with van der Waals surface area (Å²) in [6, 6.07) is 0.770. The lowest BCUT2D eigenvalue weighted by atomic mass is 10.2. The predicted octanol–water partition coefficient (Wildman–Crippen LogP) is 1.01. The smallest absolute Gasteiger partial charge is 0.0897 e. The molecule has 0 amide bonds. The molecule has 0 bridgehead atoms. The average molecular weight is 300 g/mol. The second kappa shape index (κ2) is 9.74. The second-order valence-electron chi connectivity index (χ2n) is 6.45. The summed E-state index contributed by atoms with van der Waals surface area (Å²) in [4.78, 5) is 2.44. The van der Waals surface area contributed by atoms with Gasteiger partial charge in [-0.25, -0.2) is 0 Å². The number of nitrogens with one attached hydrogen (secondary N) is 1. The van der Waals surface area contributed by atoms with E-state index in [0.29, 0.717) is 19.8 Å². The number of aliphatic hydroxyl groups excluding tert-OH is 1. The molecule has 1 aliphatic heterocycles. The summed E-state index contributed by atoms with van der Waals surface area (Å²) in [5.74, 6) is 0. The molecule has 1 saturated heterocycles. The number of hydrogen-bond acceptors (Lipinski definition) is 5. The molecule has 21 heavy (non-hydrogen) atoms. The second-order valence-corrected chi connectivity index (χ2v) is 6.45. The van der Waals surface area contributed by atoms with Gasteiger partial charge in [-0.2, -0.15) is 0 Å². The Morgan fingerprint density at radius 3 is 2.81 bits per heavy atom. The zero-order valence-electron chi connectivity index (χ0n) is 13.4. The lowest BCUT2D eigenvalue weighted by Crippen LogP contribution is -2.38. The van der Waals surface area contributed by atoms with Crippen LogP contribution in [-0.2, 0) is 9.47 Å². The van der Waals surface area contributed by atoms with Gasteiger partial charge in [-0.05, 0) is 32.7 Å². The standard InChI is InChI=1S/C16H32N2O3/c1-18(14-5-2-3-6-14)9-8-17-11-15(19)12-20-13-16-7-4-10-21-16/h14-17,19H,2-13H2,1H3. The first-order valence-electron chi connectivity index (χ1n) is 8.54. The van der Waals surface area contributed by atoms with E-state index >= 15 is 0 Å². The number of aliphatic hydroxyl groups is 1. The van der Waals surface area contributed by atoms with E-state index in [4.69, 9.17) is 9.47 Å². The van der Waals surface area contributed by atoms with Gasteiger partial charge in [0.1, 0.15) is 0 Å². The molecule has 2 N–H and O–H groups in total. The summed E-state index contributed by atoms with van der Waals surface area (Å²) in [5.41, 5.74) is 0. The van der Waals surface area contributed by atoms with Gasteiger partial charge in [-0.3, -0.25) is 0 Å². The minimum Gasteiger partial charge on any atom is -0.389 e. The maximum absolute atomic E-state index is 9.86. The molecule has 0 radical (unpaired) electrons. The van der Waals surface area contributed by atoms with Crippen LogP contribution >= 0.6 is 0 Å². The third kappa shape index (κ3) is 6.61. The van der Waals surface area contributed by atoms with Gasteiger partial charge in [0, 0.05) is 32.3 Å². The van der Waals surface area contributed by atoms with Gasteiger partial charge < -0.3 is 24.8 Å². The highest BCUT2D eigenvalue weighted by atomic mass is 16.5. The maximum atomic E-state index is 9.86. The topological polar surface area (TPSA) is 54.0 Å². The SMILES string of the molecule is CN(CCNCC(O)COCC1CCCO1)C1CCCC1. The van der Waals surface area contributed by atoms with Crippen LogP contribution in [0, 0.1) is 0 Å². The molecule has 124 valence electrons. The predicted molar refractivity (Wildman–Crippen MR) is 83.6 cm³/mol. The van der Waals surface area contributed by atoms with Crippen molar-refractivity contribution in [2.75, 3.05) is 46.5 Å². The number of rotatable bonds is 10. The van der Waals surface area contributed by atoms with E-state index < -0.39 is 6.10 Å². The van der Waals surface area contributed by atoms with Gasteiger partial charge >= 0.3 is 0 Å². The van der Waals surface area contributed by atoms with E-state index in [1.807, 2.05) is 0 Å². The molecule has 5 heteroatoms. The Morgan fingerprint density at radius 1 is 1.29 bits per heavy atom. The van der Waals surface area contributed by atoms with E-state index in [9.17, 15) is 5.11 Å². The molecule has 0 aromatic rings. The lowest BCUT2D eigenvalue weighted by Gasteiger charge is -2.24. The zero-order valence-corrected chi connectivity index (χ0v) is 13.4. The molecule has 2 fully saturated rings. The van der Waals surface area contributed by atoms with Crippen LogP contribution < -0.4 is 5.32 Å². The number of ether oxygens (including phenoxy) is 2. The first kappa shape index (κ1) is 17.2. The van der Waals surface area contributed by atoms with Crippen molar-refractivity contribution in [3.63, 3.8) is 0 Å². The molecule has 1 aliphatic carbocycles. The van der Waals surface area contributed by atoms with Crippen molar-refractivity contribution >= 4 is 0 Å². The Balaban J connectivity index is 1.42. The van der Waals surface area contributed by atoms with Crippen LogP contribution in [0.5, 0.6) is 0 Å². The fraction of sp³-hybridized carbons (Fsp3) is 1.00. The molecule has 0 aromatic carbocycles. The quantitative estimate of drug-likeness (QED) is 0.590. The first-order chi connectivity index (χ1) is 10.3. The van der Waals surface area contributed by atoms with Crippen molar-refractivity contribution in [1.29, 1.82) is 0 Å². The lowest BCUT2D eigenvalue weighted by molar-refractivity contribution is -0.0164. The van der Waals surface area contributed by atoms with Gasteiger partial charge in [-0.1, -0.05) is 12.8 Å². The number of hydrogen-bond donors (Lipinski definition) is 2. The first-order valence-corrected chi connectivity index (χ1v) is 8.54. The Morgan fingerprint density at radius 2 is 2.10 bits per heavy atom. The summed E-state index contributed by atoms with van der Waals surface area (Å²) >= 11 is 0. The molecule has 1 heterocycles. The molecule has 2 atom stereocenters. The van der Waals surface area contributed by atoms with Crippen molar-refractivity contribution < 1.29 is 14.6 Å². The van der Waals surface area contributed by atoms with Crippen LogP contribution in [0.4, 0.5) is 0 Å². The minimum absolute atomic E-state index is 0.241. The van der Waals surface area contributed by atoms with Gasteiger partial charge in [0.15, 0.2) is 0 Å². The largest absolute Gasteiger partial charge is 0.389 e. The monoisotopic (exact) mass is 300 g/mol. The van der Waals surface area contributed by atoms with Gasteiger partial charge in [0.25, 0.3) is 0 Å². The molecule has 1 saturated carbocycles. The summed E-state index contributed by atoms with van der Waals surface area (Å²) < 4.78 is 11.0. The highest BCUT2D eigenvalue weighted by Gasteiger charge is 2.19. The van der Waals surface area contributed by atoms with Gasteiger partial charge in [-0.15, -0.1) is 0 Å². The minimum atomic E-state index is -0.428. The Bertz CT molecular complexity index is 266. The Kier molecular flexibility index (Phi) is 7.96. The van der Waals surface area contributed by atoms with E-state index in [1.165, 1.54) is 25.7 Å². The average Bonchev–Trinajstić information content (AvgIpc) is 3.16. The highest BCUT2D eigenvalue weighted by Crippen LogP contribution is 2.21. The van der Waals surface area contributed by atoms with Crippen molar-refractivity contribution in [1.82, 2.24) is 10.2 Å². The summed E-state index contributed by atoms with van der Waals surface area (Å²) in [6.07, 6.45) is 7.47. The van der Waals surface area contributed by atoms with Crippen molar-refractivity contribution in [3.8, 4) is 0 Å². The van der Waals surface area contributed by atoms with Crippen molar-refractivity contribution in [2.24, 2.45) is 0 Å². The van der Waals surface area contributed by atoms with Crippen molar-refractivity contribution in [3.05, 3.63) is 0 Å². The molecule has 2 rings (SSSR count). The van der Waals surface area contributed by atoms with Crippen LogP contribution in [0.1, 0.15) is 38.5 Å². The zero-order chi connectivity index (χ0) is 14.9. The molecular formula is C16H32N2O3. The Labute approximate surface area is 129 Å². The summed E-state index contributed by atoms with van der Waals surface area (Å²) in [7, 11) is 2.21. The molecular weight excluding hydrogens is 268 g/mol. The van der Waals surface area contributed by atoms with Gasteiger partial charge in [0.2, 0.25) is 0 Å². The van der Waals surface area contributed by atoms with E-state index in [-0.39, 0.29) is 6.10 Å². The van der Waals surface area contributed by atoms with Gasteiger partial charge in [0.05, 0.1) is 25.4 Å². The summed E-state index contributed by atoms with van der Waals surface area (Å²) in [5, 5.41) is 13.2. The number of likely N-dealkylation sites (N-methyl/N-ethyl adjacent to an activating group) is 1. The van der Waals surface area contributed by atoms with Crippen LogP contribution in [-0.4, -0.2) is 74.8 Å². The van der Waals surface area contributed by atoms with Crippen LogP contribution in [0.2, 0.25) is 0 Å². The van der Waals surface area contributed by atoms with Crippen LogP contribution in [0.25, 0.3) is 0 Å². The third-order valence-corrected chi connectivity index (χ3v) is 4.61. The summed E-state index contributed by atoms with van der Waals surface area (Å²) in [6.45, 7) is 4.44. The van der Waals surface area contributed by atoms with E-state index in [1.54, 1.807) is 0 Å². The van der Waals surface area contributed by atoms with Crippen LogP contribution in [0.15, 0.2) is 0 Å². The normalized spacial score (nSPS) is 25.0. The Hall–Kier alpha value is -0.200. The fourth-order valence-corrected chi connectivity index (χ4v) is 3.22. The van der Waals surface area contributed by atoms with Crippen molar-refractivity contribution in [2.45, 2.75) is 56.8 Å². The number of nitrogens with zero attached hydrogens (tertiary/aromatic N) is 1. The molecule has 0 spiro atoms. The van der Waals surface area contributed by atoms with E-state index in [2.05, 4.69) is 17.3 Å². The van der Waals surface area contributed by atoms with E-state index in [0.717, 1.165) is 38.6 Å². The third-order valence-electron chi connectivity index (χ3n) is 4.61. The van der Waals surface area contributed by atoms with Crippen LogP contribution in [0.3, 0.4) is 0 Å².